The Morgan fingerprint density at radius 3 is 2.33 bits per heavy atom. The third kappa shape index (κ3) is 4.46. The number of fused-ring (bicyclic) bond motifs is 1. The second-order valence-electron chi connectivity index (χ2n) is 8.82. The summed E-state index contributed by atoms with van der Waals surface area (Å²) in [7, 11) is 0. The van der Waals surface area contributed by atoms with Crippen molar-refractivity contribution in [1.29, 1.82) is 5.26 Å². The molecule has 0 bridgehead atoms. The lowest BCUT2D eigenvalue weighted by Gasteiger charge is -2.34. The summed E-state index contributed by atoms with van der Waals surface area (Å²) >= 11 is 0. The molecular weight excluding hydrogens is 418 g/mol. The zero-order chi connectivity index (χ0) is 23.7. The van der Waals surface area contributed by atoms with Crippen molar-refractivity contribution in [3.8, 4) is 6.07 Å². The summed E-state index contributed by atoms with van der Waals surface area (Å²) in [5.41, 5.74) is 2.87. The van der Waals surface area contributed by atoms with Gasteiger partial charge in [-0.3, -0.25) is 9.59 Å². The van der Waals surface area contributed by atoms with Crippen LogP contribution < -0.4 is 10.2 Å². The fourth-order valence-corrected chi connectivity index (χ4v) is 4.21. The number of anilines is 2. The highest BCUT2D eigenvalue weighted by Gasteiger charge is 2.35. The average Bonchev–Trinajstić information content (AvgIpc) is 3.16. The Labute approximate surface area is 194 Å². The van der Waals surface area contributed by atoms with Gasteiger partial charge >= 0.3 is 0 Å². The minimum Gasteiger partial charge on any atom is -0.363 e. The number of benzene rings is 1. The van der Waals surface area contributed by atoms with Crippen molar-refractivity contribution in [2.45, 2.75) is 46.3 Å². The van der Waals surface area contributed by atoms with E-state index < -0.39 is 0 Å². The predicted molar refractivity (Wildman–Crippen MR) is 125 cm³/mol. The standard InChI is InChI=1S/C24H29N7O2/c1-15(2)31-14-20-21(23(31)33)27-24(30-11-9-29(10-12-30)17(4)32)28-22(20)26-16(3)19-7-5-18(13-25)6-8-19/h5-8,15-16H,9-12,14H2,1-4H3,(H,26,27,28)/t16-/m1/s1. The minimum absolute atomic E-state index is 0.0538. The molecule has 1 aromatic heterocycles. The first kappa shape index (κ1) is 22.5. The number of nitrogens with one attached hydrogen (secondary N) is 1. The summed E-state index contributed by atoms with van der Waals surface area (Å²) in [5.74, 6) is 1.13. The molecule has 1 N–H and O–H groups in total. The first-order valence-corrected chi connectivity index (χ1v) is 11.3. The SMILES string of the molecule is CC(=O)N1CCN(c2nc(N[C@H](C)c3ccc(C#N)cc3)c3c(n2)C(=O)N(C(C)C)C3)CC1. The van der Waals surface area contributed by atoms with Gasteiger partial charge in [-0.15, -0.1) is 0 Å². The van der Waals surface area contributed by atoms with Crippen LogP contribution in [0.1, 0.15) is 60.9 Å². The number of hydrogen-bond acceptors (Lipinski definition) is 7. The molecule has 2 aliphatic rings. The van der Waals surface area contributed by atoms with E-state index in [1.54, 1.807) is 24.0 Å². The molecule has 0 unspecified atom stereocenters. The summed E-state index contributed by atoms with van der Waals surface area (Å²) in [5, 5.41) is 12.5. The molecule has 2 aromatic rings. The number of carbonyl (C=O) groups is 2. The Morgan fingerprint density at radius 1 is 1.09 bits per heavy atom. The number of rotatable bonds is 5. The molecule has 4 rings (SSSR count). The van der Waals surface area contributed by atoms with Gasteiger partial charge in [-0.25, -0.2) is 4.98 Å². The quantitative estimate of drug-likeness (QED) is 0.751. The van der Waals surface area contributed by atoms with Gasteiger partial charge in [0.05, 0.1) is 18.2 Å². The summed E-state index contributed by atoms with van der Waals surface area (Å²) in [4.78, 5) is 39.9. The molecule has 1 atom stereocenters. The van der Waals surface area contributed by atoms with Crippen molar-refractivity contribution < 1.29 is 9.59 Å². The van der Waals surface area contributed by atoms with Gasteiger partial charge in [-0.1, -0.05) is 12.1 Å². The number of nitriles is 1. The fourth-order valence-electron chi connectivity index (χ4n) is 4.21. The Morgan fingerprint density at radius 2 is 1.76 bits per heavy atom. The second-order valence-corrected chi connectivity index (χ2v) is 8.82. The van der Waals surface area contributed by atoms with Gasteiger partial charge < -0.3 is 20.0 Å². The maximum absolute atomic E-state index is 13.1. The highest BCUT2D eigenvalue weighted by atomic mass is 16.2. The van der Waals surface area contributed by atoms with Gasteiger partial charge in [-0.05, 0) is 38.5 Å². The zero-order valence-corrected chi connectivity index (χ0v) is 19.5. The lowest BCUT2D eigenvalue weighted by Crippen LogP contribution is -2.48. The molecule has 0 saturated carbocycles. The molecule has 0 radical (unpaired) electrons. The van der Waals surface area contributed by atoms with Crippen LogP contribution in [0.3, 0.4) is 0 Å². The molecule has 3 heterocycles. The van der Waals surface area contributed by atoms with Crippen molar-refractivity contribution in [1.82, 2.24) is 19.8 Å². The maximum atomic E-state index is 13.1. The van der Waals surface area contributed by atoms with E-state index in [-0.39, 0.29) is 23.9 Å². The number of nitrogens with zero attached hydrogens (tertiary/aromatic N) is 6. The van der Waals surface area contributed by atoms with Crippen LogP contribution in [0, 0.1) is 11.3 Å². The Balaban J connectivity index is 1.65. The lowest BCUT2D eigenvalue weighted by atomic mass is 10.1. The Kier molecular flexibility index (Phi) is 6.18. The summed E-state index contributed by atoms with van der Waals surface area (Å²) < 4.78 is 0. The van der Waals surface area contributed by atoms with E-state index in [0.29, 0.717) is 55.7 Å². The molecule has 1 fully saturated rings. The van der Waals surface area contributed by atoms with E-state index in [9.17, 15) is 9.59 Å². The van der Waals surface area contributed by atoms with Gasteiger partial charge in [-0.2, -0.15) is 10.2 Å². The largest absolute Gasteiger partial charge is 0.363 e. The molecule has 9 heteroatoms. The van der Waals surface area contributed by atoms with Crippen molar-refractivity contribution >= 4 is 23.6 Å². The van der Waals surface area contributed by atoms with E-state index in [2.05, 4.69) is 16.4 Å². The van der Waals surface area contributed by atoms with Crippen LogP contribution in [0.2, 0.25) is 0 Å². The third-order valence-corrected chi connectivity index (χ3v) is 6.31. The summed E-state index contributed by atoms with van der Waals surface area (Å²) in [6.07, 6.45) is 0. The second kappa shape index (κ2) is 9.06. The summed E-state index contributed by atoms with van der Waals surface area (Å²) in [6, 6.07) is 9.54. The molecule has 172 valence electrons. The fraction of sp³-hybridized carbons (Fsp3) is 0.458. The predicted octanol–water partition coefficient (Wildman–Crippen LogP) is 2.55. The number of hydrogen-bond donors (Lipinski definition) is 1. The molecule has 2 amide bonds. The van der Waals surface area contributed by atoms with Crippen LogP contribution >= 0.6 is 0 Å². The normalized spacial score (nSPS) is 16.6. The lowest BCUT2D eigenvalue weighted by molar-refractivity contribution is -0.129. The van der Waals surface area contributed by atoms with E-state index >= 15 is 0 Å². The zero-order valence-electron chi connectivity index (χ0n) is 19.5. The minimum atomic E-state index is -0.0832. The van der Waals surface area contributed by atoms with Crippen LogP contribution in [0.4, 0.5) is 11.8 Å². The van der Waals surface area contributed by atoms with E-state index in [1.165, 1.54) is 0 Å². The third-order valence-electron chi connectivity index (χ3n) is 6.31. The van der Waals surface area contributed by atoms with Crippen LogP contribution in [-0.2, 0) is 11.3 Å². The van der Waals surface area contributed by atoms with Crippen molar-refractivity contribution in [2.24, 2.45) is 0 Å². The van der Waals surface area contributed by atoms with Crippen molar-refractivity contribution in [2.75, 3.05) is 36.4 Å². The Bertz CT molecular complexity index is 1100. The molecule has 0 aliphatic carbocycles. The number of aromatic nitrogens is 2. The van der Waals surface area contributed by atoms with Crippen LogP contribution in [0.15, 0.2) is 24.3 Å². The number of carbonyl (C=O) groups excluding carboxylic acids is 2. The topological polar surface area (TPSA) is 105 Å². The highest BCUT2D eigenvalue weighted by Crippen LogP contribution is 2.32. The van der Waals surface area contributed by atoms with E-state index in [0.717, 1.165) is 11.1 Å². The number of piperazine rings is 1. The monoisotopic (exact) mass is 447 g/mol. The average molecular weight is 448 g/mol. The first-order chi connectivity index (χ1) is 15.8. The molecule has 0 spiro atoms. The molecule has 1 aromatic carbocycles. The van der Waals surface area contributed by atoms with Crippen LogP contribution in [0.25, 0.3) is 0 Å². The first-order valence-electron chi connectivity index (χ1n) is 11.3. The molecular formula is C24H29N7O2. The smallest absolute Gasteiger partial charge is 0.273 e. The molecule has 1 saturated heterocycles. The van der Waals surface area contributed by atoms with Gasteiger partial charge in [0.1, 0.15) is 11.5 Å². The van der Waals surface area contributed by atoms with Gasteiger partial charge in [0.2, 0.25) is 11.9 Å². The number of amides is 2. The maximum Gasteiger partial charge on any atom is 0.273 e. The highest BCUT2D eigenvalue weighted by molar-refractivity contribution is 5.98. The molecule has 2 aliphatic heterocycles. The van der Waals surface area contributed by atoms with Gasteiger partial charge in [0, 0.05) is 50.7 Å². The van der Waals surface area contributed by atoms with E-state index in [4.69, 9.17) is 10.2 Å². The Hall–Kier alpha value is -3.67. The van der Waals surface area contributed by atoms with Gasteiger partial charge in [0.25, 0.3) is 5.91 Å². The van der Waals surface area contributed by atoms with Crippen molar-refractivity contribution in [3.05, 3.63) is 46.6 Å². The molecule has 33 heavy (non-hydrogen) atoms. The molecule has 9 nitrogen and oxygen atoms in total. The van der Waals surface area contributed by atoms with Crippen LogP contribution in [-0.4, -0.2) is 63.8 Å². The van der Waals surface area contributed by atoms with E-state index in [1.807, 2.05) is 42.7 Å². The van der Waals surface area contributed by atoms with Crippen molar-refractivity contribution in [3.63, 3.8) is 0 Å². The summed E-state index contributed by atoms with van der Waals surface area (Å²) in [6.45, 7) is 10.5. The van der Waals surface area contributed by atoms with Crippen LogP contribution in [0.5, 0.6) is 0 Å². The van der Waals surface area contributed by atoms with Gasteiger partial charge in [0.15, 0.2) is 0 Å².